The van der Waals surface area contributed by atoms with Crippen molar-refractivity contribution in [2.24, 2.45) is 0 Å². The molecule has 0 saturated carbocycles. The third kappa shape index (κ3) is 13.1. The first-order valence-electron chi connectivity index (χ1n) is 14.1. The van der Waals surface area contributed by atoms with Gasteiger partial charge in [-0.1, -0.05) is 52.0 Å². The smallest absolute Gasteiger partial charge is 0.419 e. The van der Waals surface area contributed by atoms with E-state index < -0.39 is 34.7 Å². The molecule has 13 heteroatoms. The van der Waals surface area contributed by atoms with Crippen LogP contribution in [0.3, 0.4) is 0 Å². The SMILES string of the molecule is C#CC1(O)CCN(CCOc2ccccc2C(F)(F)F)CC1.C#CC1(O)CCNCC1.FC(F)(F)c1ccccc1OCCBr. The zero-order valence-electron chi connectivity index (χ0n) is 24.6. The van der Waals surface area contributed by atoms with Crippen LogP contribution in [0.1, 0.15) is 36.8 Å². The molecule has 0 spiro atoms. The summed E-state index contributed by atoms with van der Waals surface area (Å²) in [6, 6.07) is 10.3. The Bertz CT molecular complexity index is 1260. The van der Waals surface area contributed by atoms with Crippen LogP contribution in [-0.2, 0) is 12.4 Å². The molecule has 0 unspecified atom stereocenters. The summed E-state index contributed by atoms with van der Waals surface area (Å²) in [5, 5.41) is 22.9. The lowest BCUT2D eigenvalue weighted by Gasteiger charge is -2.34. The first kappa shape index (κ1) is 38.2. The maximum atomic E-state index is 12.8. The van der Waals surface area contributed by atoms with Gasteiger partial charge >= 0.3 is 12.4 Å². The van der Waals surface area contributed by atoms with Crippen LogP contribution in [-0.4, -0.2) is 77.6 Å². The van der Waals surface area contributed by atoms with Gasteiger partial charge in [0.05, 0.1) is 17.7 Å². The van der Waals surface area contributed by atoms with Crippen molar-refractivity contribution >= 4 is 15.9 Å². The van der Waals surface area contributed by atoms with Crippen molar-refractivity contribution < 1.29 is 46.0 Å². The molecule has 248 valence electrons. The summed E-state index contributed by atoms with van der Waals surface area (Å²) in [5.41, 5.74) is -3.37. The maximum absolute atomic E-state index is 12.8. The Balaban J connectivity index is 0.000000261. The average Bonchev–Trinajstić information content (AvgIpc) is 3.01. The normalized spacial score (nSPS) is 17.7. The minimum absolute atomic E-state index is 0.126. The number of hydrogen-bond acceptors (Lipinski definition) is 6. The van der Waals surface area contributed by atoms with E-state index in [1.165, 1.54) is 36.4 Å². The van der Waals surface area contributed by atoms with E-state index in [1.807, 2.05) is 4.90 Å². The fourth-order valence-electron chi connectivity index (χ4n) is 4.36. The van der Waals surface area contributed by atoms with Gasteiger partial charge in [-0.25, -0.2) is 0 Å². The minimum atomic E-state index is -4.43. The van der Waals surface area contributed by atoms with Gasteiger partial charge in [-0.05, 0) is 50.2 Å². The fraction of sp³-hybridized carbons (Fsp3) is 0.500. The van der Waals surface area contributed by atoms with Gasteiger partial charge in [0.25, 0.3) is 0 Å². The standard InChI is InChI=1S/C16H18F3NO2.C9H8BrF3O.C7H11NO/c1-2-15(21)7-9-20(10-8-15)11-12-22-14-6-4-3-5-13(14)16(17,18)19;10-5-6-14-8-4-2-1-3-7(8)9(11,12)13;1-2-7(9)3-5-8-6-4-7/h1,3-6,21H,7-12H2;1-4H,5-6H2;1,8-9H,3-6H2. The number of benzene rings is 2. The lowest BCUT2D eigenvalue weighted by molar-refractivity contribution is -0.139. The molecule has 2 aliphatic rings. The Morgan fingerprint density at radius 1 is 0.756 bits per heavy atom. The van der Waals surface area contributed by atoms with Crippen molar-refractivity contribution in [2.45, 2.75) is 49.2 Å². The highest BCUT2D eigenvalue weighted by Gasteiger charge is 2.35. The van der Waals surface area contributed by atoms with Gasteiger partial charge in [0, 0.05) is 37.8 Å². The number of hydrogen-bond donors (Lipinski definition) is 3. The molecule has 3 N–H and O–H groups in total. The number of nitrogens with one attached hydrogen (secondary N) is 1. The van der Waals surface area contributed by atoms with E-state index in [4.69, 9.17) is 22.3 Å². The number of para-hydroxylation sites is 2. The summed E-state index contributed by atoms with van der Waals surface area (Å²) in [6.07, 6.45) is 3.88. The highest BCUT2D eigenvalue weighted by molar-refractivity contribution is 9.09. The average molecular weight is 708 g/mol. The molecule has 2 aromatic rings. The van der Waals surface area contributed by atoms with Gasteiger partial charge in [0.1, 0.15) is 29.3 Å². The molecule has 2 aromatic carbocycles. The zero-order chi connectivity index (χ0) is 33.6. The van der Waals surface area contributed by atoms with Crippen LogP contribution in [0, 0.1) is 24.7 Å². The number of terminal acetylenes is 2. The molecule has 0 aliphatic carbocycles. The number of halogens is 7. The monoisotopic (exact) mass is 706 g/mol. The molecule has 0 bridgehead atoms. The topological polar surface area (TPSA) is 74.2 Å². The van der Waals surface area contributed by atoms with E-state index in [0.717, 1.165) is 25.2 Å². The van der Waals surface area contributed by atoms with Gasteiger partial charge in [-0.15, -0.1) is 12.8 Å². The number of nitrogens with zero attached hydrogens (tertiary/aromatic N) is 1. The van der Waals surface area contributed by atoms with Gasteiger partial charge in [0.2, 0.25) is 0 Å². The van der Waals surface area contributed by atoms with Crippen molar-refractivity contribution in [3.8, 4) is 36.2 Å². The van der Waals surface area contributed by atoms with E-state index in [2.05, 4.69) is 33.1 Å². The lowest BCUT2D eigenvalue weighted by atomic mass is 9.92. The minimum Gasteiger partial charge on any atom is -0.492 e. The second-order valence-corrected chi connectivity index (χ2v) is 11.1. The van der Waals surface area contributed by atoms with Crippen molar-refractivity contribution in [3.63, 3.8) is 0 Å². The van der Waals surface area contributed by atoms with Crippen LogP contribution in [0.25, 0.3) is 0 Å². The molecule has 2 fully saturated rings. The summed E-state index contributed by atoms with van der Waals surface area (Å²) < 4.78 is 85.8. The Morgan fingerprint density at radius 2 is 1.18 bits per heavy atom. The predicted molar refractivity (Wildman–Crippen MR) is 163 cm³/mol. The van der Waals surface area contributed by atoms with Crippen molar-refractivity contribution in [1.82, 2.24) is 10.2 Å². The number of aliphatic hydroxyl groups is 2. The number of piperidine rings is 2. The fourth-order valence-corrected chi connectivity index (χ4v) is 4.52. The first-order chi connectivity index (χ1) is 21.2. The maximum Gasteiger partial charge on any atom is 0.419 e. The zero-order valence-corrected chi connectivity index (χ0v) is 26.1. The van der Waals surface area contributed by atoms with Crippen molar-refractivity contribution in [1.29, 1.82) is 0 Å². The van der Waals surface area contributed by atoms with Crippen LogP contribution >= 0.6 is 15.9 Å². The first-order valence-corrected chi connectivity index (χ1v) is 15.3. The van der Waals surface area contributed by atoms with Crippen molar-refractivity contribution in [2.75, 3.05) is 51.3 Å². The van der Waals surface area contributed by atoms with Crippen LogP contribution in [0.4, 0.5) is 26.3 Å². The van der Waals surface area contributed by atoms with Crippen LogP contribution in [0.15, 0.2) is 48.5 Å². The Labute approximate surface area is 268 Å². The molecule has 2 aliphatic heterocycles. The largest absolute Gasteiger partial charge is 0.492 e. The second kappa shape index (κ2) is 17.7. The third-order valence-corrected chi connectivity index (χ3v) is 7.36. The molecular weight excluding hydrogens is 670 g/mol. The van der Waals surface area contributed by atoms with Crippen LogP contribution in [0.5, 0.6) is 11.5 Å². The van der Waals surface area contributed by atoms with E-state index in [9.17, 15) is 36.6 Å². The molecule has 0 radical (unpaired) electrons. The molecular formula is C32H37BrF6N2O4. The van der Waals surface area contributed by atoms with E-state index in [0.29, 0.717) is 50.6 Å². The predicted octanol–water partition coefficient (Wildman–Crippen LogP) is 5.76. The lowest BCUT2D eigenvalue weighted by Crippen LogP contribution is -2.44. The number of alkyl halides is 7. The number of rotatable bonds is 7. The van der Waals surface area contributed by atoms with E-state index in [-0.39, 0.29) is 24.7 Å². The Hall–Kier alpha value is -2.94. The number of likely N-dealkylation sites (tertiary alicyclic amines) is 1. The summed E-state index contributed by atoms with van der Waals surface area (Å²) in [7, 11) is 0. The molecule has 0 amide bonds. The molecule has 4 rings (SSSR count). The molecule has 2 saturated heterocycles. The molecule has 0 atom stereocenters. The molecule has 0 aromatic heterocycles. The Morgan fingerprint density at radius 3 is 1.58 bits per heavy atom. The summed E-state index contributed by atoms with van der Waals surface area (Å²) in [4.78, 5) is 2.02. The van der Waals surface area contributed by atoms with Gasteiger partial charge < -0.3 is 25.0 Å². The van der Waals surface area contributed by atoms with Gasteiger partial charge in [-0.3, -0.25) is 4.90 Å². The van der Waals surface area contributed by atoms with Crippen LogP contribution in [0.2, 0.25) is 0 Å². The van der Waals surface area contributed by atoms with Crippen LogP contribution < -0.4 is 14.8 Å². The summed E-state index contributed by atoms with van der Waals surface area (Å²) in [6.45, 7) is 3.73. The quantitative estimate of drug-likeness (QED) is 0.193. The number of ether oxygens (including phenoxy) is 2. The van der Waals surface area contributed by atoms with Gasteiger partial charge in [-0.2, -0.15) is 26.3 Å². The Kier molecular flexibility index (Phi) is 15.0. The van der Waals surface area contributed by atoms with E-state index in [1.54, 1.807) is 0 Å². The third-order valence-electron chi connectivity index (χ3n) is 7.04. The van der Waals surface area contributed by atoms with Crippen molar-refractivity contribution in [3.05, 3.63) is 59.7 Å². The molecule has 45 heavy (non-hydrogen) atoms. The second-order valence-electron chi connectivity index (χ2n) is 10.3. The summed E-state index contributed by atoms with van der Waals surface area (Å²) >= 11 is 3.08. The highest BCUT2D eigenvalue weighted by Crippen LogP contribution is 2.37. The molecule has 6 nitrogen and oxygen atoms in total. The van der Waals surface area contributed by atoms with Gasteiger partial charge in [0.15, 0.2) is 0 Å². The molecule has 2 heterocycles. The highest BCUT2D eigenvalue weighted by atomic mass is 79.9. The van der Waals surface area contributed by atoms with E-state index >= 15 is 0 Å². The summed E-state index contributed by atoms with van der Waals surface area (Å²) in [5.74, 6) is 4.49.